The summed E-state index contributed by atoms with van der Waals surface area (Å²) in [6.07, 6.45) is 2.04. The van der Waals surface area contributed by atoms with E-state index >= 15 is 0 Å². The van der Waals surface area contributed by atoms with Crippen molar-refractivity contribution < 1.29 is 0 Å². The van der Waals surface area contributed by atoms with E-state index in [0.717, 1.165) is 4.90 Å². The van der Waals surface area contributed by atoms with E-state index in [1.54, 1.807) is 0 Å². The molecule has 0 radical (unpaired) electrons. The average Bonchev–Trinajstić information content (AvgIpc) is 2.11. The quantitative estimate of drug-likeness (QED) is 0.594. The van der Waals surface area contributed by atoms with Crippen LogP contribution < -0.4 is 0 Å². The van der Waals surface area contributed by atoms with Crippen molar-refractivity contribution in [2.45, 2.75) is 24.7 Å². The molecule has 0 aliphatic heterocycles. The Morgan fingerprint density at radius 1 is 1.50 bits per heavy atom. The lowest BCUT2D eigenvalue weighted by Crippen LogP contribution is -1.97. The van der Waals surface area contributed by atoms with Crippen LogP contribution in [0, 0.1) is 0 Å². The molecule has 0 aliphatic rings. The van der Waals surface area contributed by atoms with Gasteiger partial charge in [-0.2, -0.15) is 0 Å². The molecule has 0 aliphatic carbocycles. The lowest BCUT2D eigenvalue weighted by molar-refractivity contribution is 0.725. The molecule has 0 atom stereocenters. The average molecular weight is 155 g/mol. The molecule has 0 spiro atoms. The summed E-state index contributed by atoms with van der Waals surface area (Å²) in [4.78, 5) is 1.09. The summed E-state index contributed by atoms with van der Waals surface area (Å²) in [6.45, 7) is 4.35. The van der Waals surface area contributed by atoms with Crippen molar-refractivity contribution >= 4 is 12.6 Å². The fourth-order valence-electron chi connectivity index (χ4n) is 1.23. The molecular weight excluding hydrogens is 142 g/mol. The van der Waals surface area contributed by atoms with Gasteiger partial charge in [-0.3, -0.25) is 0 Å². The van der Waals surface area contributed by atoms with E-state index in [-0.39, 0.29) is 0 Å². The van der Waals surface area contributed by atoms with E-state index in [1.807, 2.05) is 12.3 Å². The standard InChI is InChI=1S/C8H13NS/c1-6(2)8-7(10)4-5-9(8)3/h4-6,10H,1-3H3. The van der Waals surface area contributed by atoms with E-state index in [1.165, 1.54) is 5.69 Å². The van der Waals surface area contributed by atoms with Crippen LogP contribution in [0.4, 0.5) is 0 Å². The van der Waals surface area contributed by atoms with Gasteiger partial charge in [-0.1, -0.05) is 13.8 Å². The molecule has 1 nitrogen and oxygen atoms in total. The predicted molar refractivity (Wildman–Crippen MR) is 46.8 cm³/mol. The van der Waals surface area contributed by atoms with Crippen LogP contribution in [0.3, 0.4) is 0 Å². The van der Waals surface area contributed by atoms with Gasteiger partial charge in [-0.15, -0.1) is 12.6 Å². The van der Waals surface area contributed by atoms with Crippen molar-refractivity contribution in [1.29, 1.82) is 0 Å². The van der Waals surface area contributed by atoms with Crippen LogP contribution in [0.15, 0.2) is 17.2 Å². The number of aromatic nitrogens is 1. The van der Waals surface area contributed by atoms with Crippen LogP contribution >= 0.6 is 12.6 Å². The number of hydrogen-bond donors (Lipinski definition) is 1. The number of nitrogens with zero attached hydrogens (tertiary/aromatic N) is 1. The lowest BCUT2D eigenvalue weighted by Gasteiger charge is -2.07. The molecule has 0 unspecified atom stereocenters. The SMILES string of the molecule is CC(C)c1c(S)ccn1C. The first-order valence-electron chi connectivity index (χ1n) is 3.47. The number of thiol groups is 1. The van der Waals surface area contributed by atoms with Gasteiger partial charge in [-0.25, -0.2) is 0 Å². The zero-order valence-corrected chi connectivity index (χ0v) is 7.52. The predicted octanol–water partition coefficient (Wildman–Crippen LogP) is 2.44. The summed E-state index contributed by atoms with van der Waals surface area (Å²) in [5, 5.41) is 0. The molecule has 0 fully saturated rings. The van der Waals surface area contributed by atoms with E-state index in [2.05, 4.69) is 38.1 Å². The molecule has 2 heteroatoms. The van der Waals surface area contributed by atoms with Crippen molar-refractivity contribution in [3.8, 4) is 0 Å². The maximum atomic E-state index is 4.34. The molecule has 0 amide bonds. The second-order valence-electron chi connectivity index (χ2n) is 2.85. The first-order chi connectivity index (χ1) is 4.63. The van der Waals surface area contributed by atoms with Crippen LogP contribution in [0.25, 0.3) is 0 Å². The Kier molecular flexibility index (Phi) is 2.09. The topological polar surface area (TPSA) is 4.93 Å². The maximum absolute atomic E-state index is 4.34. The zero-order chi connectivity index (χ0) is 7.72. The van der Waals surface area contributed by atoms with E-state index in [4.69, 9.17) is 0 Å². The summed E-state index contributed by atoms with van der Waals surface area (Å²) in [7, 11) is 2.05. The van der Waals surface area contributed by atoms with Crippen molar-refractivity contribution in [2.75, 3.05) is 0 Å². The van der Waals surface area contributed by atoms with Crippen LogP contribution in [-0.4, -0.2) is 4.57 Å². The fourth-order valence-corrected chi connectivity index (χ4v) is 1.71. The van der Waals surface area contributed by atoms with Gasteiger partial charge in [0.15, 0.2) is 0 Å². The van der Waals surface area contributed by atoms with Crippen LogP contribution in [0.2, 0.25) is 0 Å². The van der Waals surface area contributed by atoms with Crippen molar-refractivity contribution in [1.82, 2.24) is 4.57 Å². The number of hydrogen-bond acceptors (Lipinski definition) is 1. The molecule has 1 rings (SSSR count). The molecule has 56 valence electrons. The highest BCUT2D eigenvalue weighted by atomic mass is 32.1. The number of rotatable bonds is 1. The van der Waals surface area contributed by atoms with Crippen molar-refractivity contribution in [3.63, 3.8) is 0 Å². The lowest BCUT2D eigenvalue weighted by atomic mass is 10.1. The third-order valence-corrected chi connectivity index (χ3v) is 2.02. The maximum Gasteiger partial charge on any atom is 0.0332 e. The second-order valence-corrected chi connectivity index (χ2v) is 3.33. The summed E-state index contributed by atoms with van der Waals surface area (Å²) in [6, 6.07) is 2.03. The number of aryl methyl sites for hydroxylation is 1. The van der Waals surface area contributed by atoms with Gasteiger partial charge in [0.1, 0.15) is 0 Å². The molecule has 0 bridgehead atoms. The smallest absolute Gasteiger partial charge is 0.0332 e. The Balaban J connectivity index is 3.10. The minimum Gasteiger partial charge on any atom is -0.353 e. The summed E-state index contributed by atoms with van der Waals surface area (Å²) < 4.78 is 2.12. The molecule has 1 aromatic heterocycles. The Bertz CT molecular complexity index is 206. The van der Waals surface area contributed by atoms with Gasteiger partial charge >= 0.3 is 0 Å². The van der Waals surface area contributed by atoms with Gasteiger partial charge in [0.2, 0.25) is 0 Å². The molecular formula is C8H13NS. The Morgan fingerprint density at radius 3 is 2.30 bits per heavy atom. The van der Waals surface area contributed by atoms with Gasteiger partial charge in [0.25, 0.3) is 0 Å². The molecule has 0 N–H and O–H groups in total. The molecule has 0 saturated heterocycles. The summed E-state index contributed by atoms with van der Waals surface area (Å²) in [5.74, 6) is 0.562. The van der Waals surface area contributed by atoms with E-state index in [9.17, 15) is 0 Å². The van der Waals surface area contributed by atoms with Crippen LogP contribution in [-0.2, 0) is 7.05 Å². The molecule has 0 aromatic carbocycles. The van der Waals surface area contributed by atoms with Crippen molar-refractivity contribution in [2.24, 2.45) is 7.05 Å². The Morgan fingerprint density at radius 2 is 2.10 bits per heavy atom. The Hall–Kier alpha value is -0.370. The Labute approximate surface area is 67.5 Å². The second kappa shape index (κ2) is 2.70. The first-order valence-corrected chi connectivity index (χ1v) is 3.92. The molecule has 10 heavy (non-hydrogen) atoms. The summed E-state index contributed by atoms with van der Waals surface area (Å²) in [5.41, 5.74) is 1.31. The van der Waals surface area contributed by atoms with E-state index < -0.39 is 0 Å². The largest absolute Gasteiger partial charge is 0.353 e. The van der Waals surface area contributed by atoms with Gasteiger partial charge in [0.05, 0.1) is 0 Å². The first kappa shape index (κ1) is 7.73. The van der Waals surface area contributed by atoms with Gasteiger partial charge < -0.3 is 4.57 Å². The summed E-state index contributed by atoms with van der Waals surface area (Å²) >= 11 is 4.34. The minimum absolute atomic E-state index is 0.562. The monoisotopic (exact) mass is 155 g/mol. The molecule has 1 aromatic rings. The van der Waals surface area contributed by atoms with Gasteiger partial charge in [0, 0.05) is 23.8 Å². The zero-order valence-electron chi connectivity index (χ0n) is 6.63. The fraction of sp³-hybridized carbons (Fsp3) is 0.500. The highest BCUT2D eigenvalue weighted by Gasteiger charge is 2.06. The van der Waals surface area contributed by atoms with Crippen LogP contribution in [0.5, 0.6) is 0 Å². The highest BCUT2D eigenvalue weighted by molar-refractivity contribution is 7.80. The van der Waals surface area contributed by atoms with Crippen molar-refractivity contribution in [3.05, 3.63) is 18.0 Å². The highest BCUT2D eigenvalue weighted by Crippen LogP contribution is 2.22. The molecule has 0 saturated carbocycles. The third kappa shape index (κ3) is 1.21. The van der Waals surface area contributed by atoms with E-state index in [0.29, 0.717) is 5.92 Å². The third-order valence-electron chi connectivity index (χ3n) is 1.65. The van der Waals surface area contributed by atoms with Crippen LogP contribution in [0.1, 0.15) is 25.5 Å². The van der Waals surface area contributed by atoms with Gasteiger partial charge in [-0.05, 0) is 12.0 Å². The molecule has 1 heterocycles. The normalized spacial score (nSPS) is 10.9. The minimum atomic E-state index is 0.562.